The lowest BCUT2D eigenvalue weighted by Gasteiger charge is -1.87. The van der Waals surface area contributed by atoms with E-state index in [0.717, 1.165) is 19.3 Å². The van der Waals surface area contributed by atoms with Gasteiger partial charge in [0, 0.05) is 6.21 Å². The molecule has 0 aromatic rings. The average molecular weight is 114 g/mol. The van der Waals surface area contributed by atoms with E-state index in [9.17, 15) is 0 Å². The molecule has 0 rings (SSSR count). The summed E-state index contributed by atoms with van der Waals surface area (Å²) in [4.78, 5) is 0. The molecular weight excluding hydrogens is 102 g/mol. The van der Waals surface area contributed by atoms with Crippen molar-refractivity contribution in [1.82, 2.24) is 0 Å². The molecule has 0 saturated heterocycles. The molecule has 0 heterocycles. The summed E-state index contributed by atoms with van der Waals surface area (Å²) in [6.07, 6.45) is 6.62. The summed E-state index contributed by atoms with van der Waals surface area (Å²) >= 11 is 0. The Hall–Kier alpha value is -0.530. The van der Waals surface area contributed by atoms with E-state index in [1.54, 1.807) is 0 Å². The summed E-state index contributed by atoms with van der Waals surface area (Å²) in [5.74, 6) is 0. The summed E-state index contributed by atoms with van der Waals surface area (Å²) in [6.45, 7) is 2.09. The number of hydrogen-bond acceptors (Lipinski definition) is 2. The molecule has 0 atom stereocenters. The van der Waals surface area contributed by atoms with E-state index in [2.05, 4.69) is 18.5 Å². The van der Waals surface area contributed by atoms with E-state index < -0.39 is 0 Å². The van der Waals surface area contributed by atoms with Gasteiger partial charge in [-0.2, -0.15) is 0 Å². The van der Waals surface area contributed by atoms with Crippen molar-refractivity contribution in [3.63, 3.8) is 0 Å². The fourth-order valence-corrected chi connectivity index (χ4v) is 0.454. The molecule has 0 aliphatic rings. The predicted molar refractivity (Wildman–Crippen MR) is 34.1 cm³/mol. The first kappa shape index (κ1) is 7.47. The van der Waals surface area contributed by atoms with E-state index in [-0.39, 0.29) is 0 Å². The minimum atomic E-state index is 0.852. The van der Waals surface area contributed by atoms with Crippen LogP contribution in [-0.4, -0.2) is 11.4 Å². The lowest BCUT2D eigenvalue weighted by molar-refractivity contribution is 0.320. The molecule has 0 saturated carbocycles. The maximum Gasteiger partial charge on any atom is 0.0436 e. The third kappa shape index (κ3) is 5.47. The first-order chi connectivity index (χ1) is 3.91. The van der Waals surface area contributed by atoms with Gasteiger partial charge in [-0.1, -0.05) is 13.3 Å². The highest BCUT2D eigenvalue weighted by Gasteiger charge is 1.80. The van der Waals surface area contributed by atoms with E-state index in [0.29, 0.717) is 0 Å². The number of oxime groups is 1. The number of unbranched alkanes of at least 4 members (excludes halogenated alkanes) is 3. The van der Waals surface area contributed by atoms with Crippen LogP contribution in [0.4, 0.5) is 0 Å². The van der Waals surface area contributed by atoms with Crippen LogP contribution in [0.15, 0.2) is 5.16 Å². The van der Waals surface area contributed by atoms with Crippen molar-refractivity contribution >= 4 is 6.21 Å². The maximum absolute atomic E-state index is 7.92. The third-order valence-corrected chi connectivity index (χ3v) is 0.870. The maximum atomic E-state index is 7.92. The summed E-state index contributed by atoms with van der Waals surface area (Å²) in [5.41, 5.74) is 0. The molecular formula is C6H12NO. The van der Waals surface area contributed by atoms with Crippen LogP contribution in [0.1, 0.15) is 26.2 Å². The van der Waals surface area contributed by atoms with Gasteiger partial charge < -0.3 is 5.21 Å². The van der Waals surface area contributed by atoms with Crippen LogP contribution < -0.4 is 0 Å². The monoisotopic (exact) mass is 114 g/mol. The summed E-state index contributed by atoms with van der Waals surface area (Å²) < 4.78 is 0. The highest BCUT2D eigenvalue weighted by atomic mass is 16.4. The molecule has 0 aliphatic heterocycles. The van der Waals surface area contributed by atoms with Crippen LogP contribution in [0, 0.1) is 6.42 Å². The van der Waals surface area contributed by atoms with Gasteiger partial charge in [-0.15, -0.1) is 5.16 Å². The van der Waals surface area contributed by atoms with Crippen LogP contribution >= 0.6 is 0 Å². The second-order valence-electron chi connectivity index (χ2n) is 1.57. The molecule has 0 aromatic carbocycles. The molecule has 8 heavy (non-hydrogen) atoms. The summed E-state index contributed by atoms with van der Waals surface area (Å²) in [6, 6.07) is 0. The molecule has 0 amide bonds. The van der Waals surface area contributed by atoms with Gasteiger partial charge in [-0.3, -0.25) is 0 Å². The van der Waals surface area contributed by atoms with Crippen LogP contribution in [0.2, 0.25) is 0 Å². The molecule has 0 unspecified atom stereocenters. The van der Waals surface area contributed by atoms with Gasteiger partial charge in [0.15, 0.2) is 0 Å². The minimum Gasteiger partial charge on any atom is -0.411 e. The molecule has 0 aromatic heterocycles. The van der Waals surface area contributed by atoms with Crippen LogP contribution in [0.5, 0.6) is 0 Å². The van der Waals surface area contributed by atoms with Gasteiger partial charge in [0.1, 0.15) is 0 Å². The van der Waals surface area contributed by atoms with Crippen LogP contribution in [0.3, 0.4) is 0 Å². The Morgan fingerprint density at radius 1 is 1.50 bits per heavy atom. The summed E-state index contributed by atoms with van der Waals surface area (Å²) in [5, 5.41) is 10.8. The number of rotatable bonds is 4. The zero-order valence-electron chi connectivity index (χ0n) is 5.17. The third-order valence-electron chi connectivity index (χ3n) is 0.870. The lowest BCUT2D eigenvalue weighted by atomic mass is 10.2. The van der Waals surface area contributed by atoms with Gasteiger partial charge >= 0.3 is 0 Å². The normalized spacial score (nSPS) is 10.6. The van der Waals surface area contributed by atoms with Gasteiger partial charge in [0.2, 0.25) is 0 Å². The van der Waals surface area contributed by atoms with Crippen molar-refractivity contribution in [2.45, 2.75) is 26.2 Å². The van der Waals surface area contributed by atoms with Crippen molar-refractivity contribution in [3.8, 4) is 0 Å². The van der Waals surface area contributed by atoms with Crippen molar-refractivity contribution in [2.24, 2.45) is 5.16 Å². The SMILES string of the molecule is CC[CH]CCC=NO. The second kappa shape index (κ2) is 6.47. The smallest absolute Gasteiger partial charge is 0.0436 e. The first-order valence-electron chi connectivity index (χ1n) is 2.89. The Morgan fingerprint density at radius 2 is 2.25 bits per heavy atom. The minimum absolute atomic E-state index is 0.852. The molecule has 0 bridgehead atoms. The number of nitrogens with zero attached hydrogens (tertiary/aromatic N) is 1. The van der Waals surface area contributed by atoms with E-state index >= 15 is 0 Å². The Morgan fingerprint density at radius 3 is 2.75 bits per heavy atom. The van der Waals surface area contributed by atoms with E-state index in [1.165, 1.54) is 6.21 Å². The molecule has 47 valence electrons. The zero-order chi connectivity index (χ0) is 6.24. The van der Waals surface area contributed by atoms with Crippen molar-refractivity contribution in [1.29, 1.82) is 0 Å². The molecule has 0 aliphatic carbocycles. The fraction of sp³-hybridized carbons (Fsp3) is 0.667. The Kier molecular flexibility index (Phi) is 6.04. The van der Waals surface area contributed by atoms with Gasteiger partial charge in [0.25, 0.3) is 0 Å². The molecule has 0 spiro atoms. The molecule has 0 fully saturated rings. The second-order valence-corrected chi connectivity index (χ2v) is 1.57. The van der Waals surface area contributed by atoms with Crippen LogP contribution in [0.25, 0.3) is 0 Å². The Labute approximate surface area is 50.2 Å². The standard InChI is InChI=1S/C6H12NO/c1-2-3-4-5-6-7-8/h3,6,8H,2,4-5H2,1H3. The van der Waals surface area contributed by atoms with Gasteiger partial charge in [-0.25, -0.2) is 0 Å². The number of hydrogen-bond donors (Lipinski definition) is 1. The van der Waals surface area contributed by atoms with Crippen LogP contribution in [-0.2, 0) is 0 Å². The van der Waals surface area contributed by atoms with Gasteiger partial charge in [-0.05, 0) is 19.3 Å². The molecule has 2 heteroatoms. The van der Waals surface area contributed by atoms with E-state index in [1.807, 2.05) is 0 Å². The van der Waals surface area contributed by atoms with Crippen molar-refractivity contribution < 1.29 is 5.21 Å². The van der Waals surface area contributed by atoms with E-state index in [4.69, 9.17) is 5.21 Å². The Bertz CT molecular complexity index is 61.5. The van der Waals surface area contributed by atoms with Crippen molar-refractivity contribution in [2.75, 3.05) is 0 Å². The average Bonchev–Trinajstić information content (AvgIpc) is 1.81. The highest BCUT2D eigenvalue weighted by Crippen LogP contribution is 1.93. The zero-order valence-corrected chi connectivity index (χ0v) is 5.17. The summed E-state index contributed by atoms with van der Waals surface area (Å²) in [7, 11) is 0. The fourth-order valence-electron chi connectivity index (χ4n) is 0.454. The lowest BCUT2D eigenvalue weighted by Crippen LogP contribution is -1.76. The molecule has 1 N–H and O–H groups in total. The first-order valence-corrected chi connectivity index (χ1v) is 2.89. The highest BCUT2D eigenvalue weighted by molar-refractivity contribution is 5.56. The Balaban J connectivity index is 2.72. The molecule has 1 radical (unpaired) electrons. The molecule has 2 nitrogen and oxygen atoms in total. The largest absolute Gasteiger partial charge is 0.411 e. The predicted octanol–water partition coefficient (Wildman–Crippen LogP) is 1.84. The van der Waals surface area contributed by atoms with Crippen molar-refractivity contribution in [3.05, 3.63) is 6.42 Å². The van der Waals surface area contributed by atoms with Gasteiger partial charge in [0.05, 0.1) is 0 Å². The quantitative estimate of drug-likeness (QED) is 0.257. The topological polar surface area (TPSA) is 32.6 Å².